The second-order valence-corrected chi connectivity index (χ2v) is 4.58. The number of hydrogen-bond donors (Lipinski definition) is 3. The van der Waals surface area contributed by atoms with Crippen LogP contribution in [0.5, 0.6) is 0 Å². The van der Waals surface area contributed by atoms with Crippen LogP contribution in [0.3, 0.4) is 0 Å². The Bertz CT molecular complexity index is 501. The maximum Gasteiger partial charge on any atom is 0.245 e. The highest BCUT2D eigenvalue weighted by Gasteiger charge is 2.32. The van der Waals surface area contributed by atoms with Gasteiger partial charge in [0.15, 0.2) is 11.6 Å². The molecule has 0 spiro atoms. The summed E-state index contributed by atoms with van der Waals surface area (Å²) in [4.78, 5) is 21.4. The van der Waals surface area contributed by atoms with E-state index in [1.54, 1.807) is 4.90 Å². The van der Waals surface area contributed by atoms with E-state index >= 15 is 0 Å². The van der Waals surface area contributed by atoms with E-state index in [9.17, 15) is 9.18 Å². The molecule has 2 heterocycles. The zero-order chi connectivity index (χ0) is 15.2. The Kier molecular flexibility index (Phi) is 5.23. The molecule has 1 aromatic heterocycles. The molecule has 0 saturated carbocycles. The van der Waals surface area contributed by atoms with Crippen LogP contribution in [-0.4, -0.2) is 48.2 Å². The van der Waals surface area contributed by atoms with Gasteiger partial charge in [-0.25, -0.2) is 15.2 Å². The van der Waals surface area contributed by atoms with Crippen LogP contribution in [0.15, 0.2) is 6.20 Å². The third kappa shape index (κ3) is 3.56. The Morgan fingerprint density at radius 1 is 1.67 bits per heavy atom. The monoisotopic (exact) mass is 298 g/mol. The van der Waals surface area contributed by atoms with Crippen molar-refractivity contribution in [1.82, 2.24) is 15.3 Å². The molecule has 0 aromatic carbocycles. The summed E-state index contributed by atoms with van der Waals surface area (Å²) < 4.78 is 19.3. The van der Waals surface area contributed by atoms with Crippen molar-refractivity contribution in [3.8, 4) is 0 Å². The Morgan fingerprint density at radius 3 is 3.19 bits per heavy atom. The summed E-state index contributed by atoms with van der Waals surface area (Å²) in [5.41, 5.74) is 2.26. The van der Waals surface area contributed by atoms with Crippen molar-refractivity contribution in [2.24, 2.45) is 5.84 Å². The van der Waals surface area contributed by atoms with Gasteiger partial charge in [0.25, 0.3) is 0 Å². The lowest BCUT2D eigenvalue weighted by Crippen LogP contribution is -2.54. The number of carbonyl (C=O) groups is 1. The van der Waals surface area contributed by atoms with Crippen LogP contribution in [0.25, 0.3) is 0 Å². The number of carbonyl (C=O) groups excluding carboxylic acids is 1. The minimum atomic E-state index is -0.625. The molecule has 4 N–H and O–H groups in total. The molecule has 9 heteroatoms. The number of ether oxygens (including phenoxy) is 1. The Hall–Kier alpha value is -2.00. The van der Waals surface area contributed by atoms with Crippen LogP contribution in [0.4, 0.5) is 16.2 Å². The van der Waals surface area contributed by atoms with E-state index in [4.69, 9.17) is 10.6 Å². The molecule has 2 rings (SSSR count). The Morgan fingerprint density at radius 2 is 2.48 bits per heavy atom. The maximum absolute atomic E-state index is 14.0. The number of nitrogens with zero attached hydrogens (tertiary/aromatic N) is 3. The van der Waals surface area contributed by atoms with Crippen LogP contribution >= 0.6 is 0 Å². The van der Waals surface area contributed by atoms with Crippen molar-refractivity contribution in [2.45, 2.75) is 19.4 Å². The highest BCUT2D eigenvalue weighted by molar-refractivity contribution is 5.85. The van der Waals surface area contributed by atoms with E-state index < -0.39 is 11.9 Å². The summed E-state index contributed by atoms with van der Waals surface area (Å²) in [5, 5.41) is 2.78. The number of hydrogen-bond acceptors (Lipinski definition) is 7. The molecule has 1 amide bonds. The van der Waals surface area contributed by atoms with E-state index in [1.807, 2.05) is 6.92 Å². The van der Waals surface area contributed by atoms with Gasteiger partial charge in [0.2, 0.25) is 11.9 Å². The van der Waals surface area contributed by atoms with Gasteiger partial charge in [-0.3, -0.25) is 10.2 Å². The van der Waals surface area contributed by atoms with Gasteiger partial charge in [-0.1, -0.05) is 6.92 Å². The van der Waals surface area contributed by atoms with Crippen molar-refractivity contribution in [3.05, 3.63) is 12.0 Å². The number of amides is 1. The van der Waals surface area contributed by atoms with Gasteiger partial charge in [0.05, 0.1) is 19.4 Å². The molecular formula is C12H19FN6O2. The third-order valence-electron chi connectivity index (χ3n) is 3.11. The number of nitrogen functional groups attached to an aromatic ring is 1. The fourth-order valence-electron chi connectivity index (χ4n) is 2.07. The van der Waals surface area contributed by atoms with Crippen molar-refractivity contribution in [3.63, 3.8) is 0 Å². The predicted molar refractivity (Wildman–Crippen MR) is 75.1 cm³/mol. The molecule has 21 heavy (non-hydrogen) atoms. The molecule has 1 aliphatic rings. The summed E-state index contributed by atoms with van der Waals surface area (Å²) in [6.07, 6.45) is 1.84. The molecule has 1 atom stereocenters. The largest absolute Gasteiger partial charge is 0.377 e. The average Bonchev–Trinajstić information content (AvgIpc) is 2.53. The molecule has 0 aliphatic carbocycles. The van der Waals surface area contributed by atoms with E-state index in [-0.39, 0.29) is 24.3 Å². The van der Waals surface area contributed by atoms with Crippen molar-refractivity contribution < 1.29 is 13.9 Å². The number of anilines is 2. The smallest absolute Gasteiger partial charge is 0.245 e. The van der Waals surface area contributed by atoms with Crippen LogP contribution in [0.1, 0.15) is 13.3 Å². The molecule has 1 fully saturated rings. The zero-order valence-electron chi connectivity index (χ0n) is 11.8. The van der Waals surface area contributed by atoms with Crippen LogP contribution in [0.2, 0.25) is 0 Å². The first-order valence-corrected chi connectivity index (χ1v) is 6.78. The Labute approximate surface area is 121 Å². The topological polar surface area (TPSA) is 105 Å². The molecule has 1 unspecified atom stereocenters. The number of aromatic nitrogens is 2. The fourth-order valence-corrected chi connectivity index (χ4v) is 2.07. The number of nitrogens with two attached hydrogens (primary N) is 1. The van der Waals surface area contributed by atoms with E-state index in [0.717, 1.165) is 12.6 Å². The summed E-state index contributed by atoms with van der Waals surface area (Å²) in [6, 6.07) is -0.625. The standard InChI is InChI=1S/C12H19FN6O2/c1-2-3-15-11(20)9-7-21-5-4-19(9)10-8(13)6-16-12(17-10)18-14/h6,9H,2-5,7,14H2,1H3,(H,15,20)(H,16,17,18). The highest BCUT2D eigenvalue weighted by Crippen LogP contribution is 2.21. The lowest BCUT2D eigenvalue weighted by molar-refractivity contribution is -0.124. The van der Waals surface area contributed by atoms with Crippen LogP contribution in [-0.2, 0) is 9.53 Å². The summed E-state index contributed by atoms with van der Waals surface area (Å²) >= 11 is 0. The molecule has 0 radical (unpaired) electrons. The number of halogens is 1. The third-order valence-corrected chi connectivity index (χ3v) is 3.11. The summed E-state index contributed by atoms with van der Waals surface area (Å²) in [6.45, 7) is 3.46. The minimum Gasteiger partial charge on any atom is -0.377 e. The number of nitrogens with one attached hydrogen (secondary N) is 2. The number of morpholine rings is 1. The number of rotatable bonds is 5. The van der Waals surface area contributed by atoms with Gasteiger partial charge in [-0.2, -0.15) is 4.98 Å². The van der Waals surface area contributed by atoms with Gasteiger partial charge in [-0.05, 0) is 6.42 Å². The van der Waals surface area contributed by atoms with Gasteiger partial charge >= 0.3 is 0 Å². The van der Waals surface area contributed by atoms with Crippen molar-refractivity contribution in [2.75, 3.05) is 36.6 Å². The highest BCUT2D eigenvalue weighted by atomic mass is 19.1. The predicted octanol–water partition coefficient (Wildman–Crippen LogP) is -0.367. The van der Waals surface area contributed by atoms with Crippen molar-refractivity contribution in [1.29, 1.82) is 0 Å². The lowest BCUT2D eigenvalue weighted by Gasteiger charge is -2.35. The second kappa shape index (κ2) is 7.14. The van der Waals surface area contributed by atoms with Gasteiger partial charge in [-0.15, -0.1) is 0 Å². The minimum absolute atomic E-state index is 0.0397. The van der Waals surface area contributed by atoms with Gasteiger partial charge in [0.1, 0.15) is 6.04 Å². The van der Waals surface area contributed by atoms with Gasteiger partial charge in [0, 0.05) is 13.1 Å². The lowest BCUT2D eigenvalue weighted by atomic mass is 10.2. The van der Waals surface area contributed by atoms with E-state index in [2.05, 4.69) is 20.7 Å². The number of hydrazine groups is 1. The zero-order valence-corrected chi connectivity index (χ0v) is 11.8. The maximum atomic E-state index is 14.0. The fraction of sp³-hybridized carbons (Fsp3) is 0.583. The van der Waals surface area contributed by atoms with Crippen LogP contribution in [0, 0.1) is 5.82 Å². The quantitative estimate of drug-likeness (QED) is 0.503. The first-order chi connectivity index (χ1) is 10.2. The summed E-state index contributed by atoms with van der Waals surface area (Å²) in [5.74, 6) is 4.55. The average molecular weight is 298 g/mol. The first-order valence-electron chi connectivity index (χ1n) is 6.78. The molecular weight excluding hydrogens is 279 g/mol. The molecule has 8 nitrogen and oxygen atoms in total. The molecule has 0 bridgehead atoms. The molecule has 1 aliphatic heterocycles. The first kappa shape index (κ1) is 15.4. The SMILES string of the molecule is CCCNC(=O)C1COCCN1c1nc(NN)ncc1F. The van der Waals surface area contributed by atoms with Crippen LogP contribution < -0.4 is 21.5 Å². The molecule has 1 saturated heterocycles. The van der Waals surface area contributed by atoms with E-state index in [0.29, 0.717) is 19.7 Å². The van der Waals surface area contributed by atoms with E-state index in [1.165, 1.54) is 0 Å². The van der Waals surface area contributed by atoms with Gasteiger partial charge < -0.3 is 15.0 Å². The van der Waals surface area contributed by atoms with Crippen molar-refractivity contribution >= 4 is 17.7 Å². The Balaban J connectivity index is 2.23. The normalized spacial score (nSPS) is 18.4. The molecule has 1 aromatic rings. The second-order valence-electron chi connectivity index (χ2n) is 4.58. The summed E-state index contributed by atoms with van der Waals surface area (Å²) in [7, 11) is 0. The molecule has 116 valence electrons.